The van der Waals surface area contributed by atoms with Crippen molar-refractivity contribution in [3.05, 3.63) is 82.4 Å². The number of halogens is 1. The van der Waals surface area contributed by atoms with E-state index < -0.39 is 5.54 Å². The maximum atomic E-state index is 10.9. The van der Waals surface area contributed by atoms with Gasteiger partial charge >= 0.3 is 0 Å². The lowest BCUT2D eigenvalue weighted by atomic mass is 9.95. The van der Waals surface area contributed by atoms with E-state index in [0.717, 1.165) is 22.2 Å². The summed E-state index contributed by atoms with van der Waals surface area (Å²) in [6, 6.07) is 18.7. The van der Waals surface area contributed by atoms with Crippen molar-refractivity contribution in [3.63, 3.8) is 0 Å². The van der Waals surface area contributed by atoms with Crippen LogP contribution in [-0.2, 0) is 5.54 Å². The molecule has 33 heavy (non-hydrogen) atoms. The molecule has 0 unspecified atom stereocenters. The van der Waals surface area contributed by atoms with Crippen molar-refractivity contribution in [1.29, 1.82) is 0 Å². The first-order valence-corrected chi connectivity index (χ1v) is 10.8. The highest BCUT2D eigenvalue weighted by atomic mass is 35.5. The number of benzene rings is 3. The molecule has 6 nitrogen and oxygen atoms in total. The first kappa shape index (κ1) is 22.7. The summed E-state index contributed by atoms with van der Waals surface area (Å²) in [6.45, 7) is 3.91. The predicted octanol–water partition coefficient (Wildman–Crippen LogP) is 5.91. The third kappa shape index (κ3) is 4.53. The molecule has 1 heterocycles. The number of H-pyrrole nitrogens is 1. The minimum absolute atomic E-state index is 0.000475. The zero-order chi connectivity index (χ0) is 23.8. The molecule has 0 saturated heterocycles. The monoisotopic (exact) mass is 463 g/mol. The first-order chi connectivity index (χ1) is 15.7. The Bertz CT molecular complexity index is 1340. The zero-order valence-electron chi connectivity index (χ0n) is 18.9. The van der Waals surface area contributed by atoms with E-state index >= 15 is 0 Å². The number of nitrogens with zero attached hydrogens (tertiary/aromatic N) is 1. The van der Waals surface area contributed by atoms with Crippen molar-refractivity contribution in [1.82, 2.24) is 4.98 Å². The number of aliphatic imine (C=N–C) groups is 1. The fraction of sp³-hybridized carbons (Fsp3) is 0.192. The second-order valence-electron chi connectivity index (χ2n) is 8.34. The summed E-state index contributed by atoms with van der Waals surface area (Å²) in [5, 5.41) is 12.2. The van der Waals surface area contributed by atoms with E-state index in [1.165, 1.54) is 0 Å². The van der Waals surface area contributed by atoms with Gasteiger partial charge in [-0.25, -0.2) is 4.99 Å². The highest BCUT2D eigenvalue weighted by Crippen LogP contribution is 2.35. The summed E-state index contributed by atoms with van der Waals surface area (Å²) < 4.78 is 10.9. The van der Waals surface area contributed by atoms with Gasteiger partial charge in [0, 0.05) is 21.5 Å². The number of rotatable bonds is 6. The van der Waals surface area contributed by atoms with Crippen LogP contribution in [-0.4, -0.2) is 30.0 Å². The normalized spacial score (nSPS) is 12.2. The molecule has 0 spiro atoms. The van der Waals surface area contributed by atoms with Crippen molar-refractivity contribution in [2.45, 2.75) is 19.4 Å². The number of hydrogen-bond donors (Lipinski definition) is 3. The maximum Gasteiger partial charge on any atom is 0.199 e. The van der Waals surface area contributed by atoms with Crippen LogP contribution < -0.4 is 15.2 Å². The van der Waals surface area contributed by atoms with E-state index in [4.69, 9.17) is 31.8 Å². The molecule has 4 aromatic rings. The van der Waals surface area contributed by atoms with E-state index in [2.05, 4.69) is 4.98 Å². The van der Waals surface area contributed by atoms with E-state index in [1.807, 2.05) is 62.4 Å². The molecule has 4 rings (SSSR count). The molecule has 0 saturated carbocycles. The number of ether oxygens (including phenoxy) is 2. The van der Waals surface area contributed by atoms with Crippen molar-refractivity contribution >= 4 is 33.9 Å². The Morgan fingerprint density at radius 1 is 0.970 bits per heavy atom. The van der Waals surface area contributed by atoms with Gasteiger partial charge in [0.1, 0.15) is 0 Å². The van der Waals surface area contributed by atoms with Crippen LogP contribution in [0.15, 0.2) is 65.7 Å². The van der Waals surface area contributed by atoms with Gasteiger partial charge in [-0.15, -0.1) is 0 Å². The highest BCUT2D eigenvalue weighted by molar-refractivity contribution is 6.31. The Kier molecular flexibility index (Phi) is 6.06. The molecule has 170 valence electrons. The highest BCUT2D eigenvalue weighted by Gasteiger charge is 2.21. The van der Waals surface area contributed by atoms with Gasteiger partial charge in [-0.05, 0) is 61.9 Å². The lowest BCUT2D eigenvalue weighted by molar-refractivity contribution is 0.355. The fourth-order valence-electron chi connectivity index (χ4n) is 3.74. The summed E-state index contributed by atoms with van der Waals surface area (Å²) >= 11 is 6.16. The summed E-state index contributed by atoms with van der Waals surface area (Å²) in [5.74, 6) is 1.16. The first-order valence-electron chi connectivity index (χ1n) is 10.4. The van der Waals surface area contributed by atoms with Crippen LogP contribution in [0.2, 0.25) is 5.02 Å². The number of nitrogens with one attached hydrogen (secondary N) is 1. The Hall–Kier alpha value is -3.48. The molecule has 7 heteroatoms. The number of methoxy groups -OCH3 is 2. The second kappa shape index (κ2) is 8.81. The molecule has 0 bridgehead atoms. The van der Waals surface area contributed by atoms with Gasteiger partial charge in [0.05, 0.1) is 36.7 Å². The average molecular weight is 464 g/mol. The lowest BCUT2D eigenvalue weighted by Gasteiger charge is -2.19. The summed E-state index contributed by atoms with van der Waals surface area (Å²) in [5.41, 5.74) is 10.1. The van der Waals surface area contributed by atoms with Crippen LogP contribution in [0.25, 0.3) is 10.9 Å². The predicted molar refractivity (Wildman–Crippen MR) is 133 cm³/mol. The third-order valence-electron chi connectivity index (χ3n) is 5.49. The number of aromatic hydroxyl groups is 1. The minimum Gasteiger partial charge on any atom is -0.494 e. The summed E-state index contributed by atoms with van der Waals surface area (Å²) in [7, 11) is 3.17. The van der Waals surface area contributed by atoms with Gasteiger partial charge in [-0.3, -0.25) is 0 Å². The molecule has 4 N–H and O–H groups in total. The Morgan fingerprint density at radius 3 is 2.30 bits per heavy atom. The molecule has 0 fully saturated rings. The van der Waals surface area contributed by atoms with Crippen LogP contribution >= 0.6 is 11.6 Å². The van der Waals surface area contributed by atoms with Crippen molar-refractivity contribution in [2.75, 3.05) is 14.2 Å². The molecule has 1 aromatic heterocycles. The van der Waals surface area contributed by atoms with Crippen molar-refractivity contribution in [3.8, 4) is 17.4 Å². The van der Waals surface area contributed by atoms with Crippen LogP contribution in [0.5, 0.6) is 17.4 Å². The number of fused-ring (bicyclic) bond motifs is 1. The summed E-state index contributed by atoms with van der Waals surface area (Å²) in [6.07, 6.45) is 0. The molecular weight excluding hydrogens is 438 g/mol. The quantitative estimate of drug-likeness (QED) is 0.310. The number of aromatic amines is 1. The Labute approximate surface area is 197 Å². The number of aromatic nitrogens is 1. The van der Waals surface area contributed by atoms with Crippen LogP contribution in [0, 0.1) is 0 Å². The fourth-order valence-corrected chi connectivity index (χ4v) is 3.91. The van der Waals surface area contributed by atoms with Crippen LogP contribution in [0.4, 0.5) is 5.69 Å². The maximum absolute atomic E-state index is 10.9. The zero-order valence-corrected chi connectivity index (χ0v) is 19.7. The van der Waals surface area contributed by atoms with Crippen LogP contribution in [0.3, 0.4) is 0 Å². The molecule has 0 radical (unpaired) electrons. The number of hydrogen-bond acceptors (Lipinski definition) is 5. The molecule has 0 aliphatic carbocycles. The summed E-state index contributed by atoms with van der Waals surface area (Å²) in [4.78, 5) is 7.93. The van der Waals surface area contributed by atoms with Gasteiger partial charge < -0.3 is 25.3 Å². The van der Waals surface area contributed by atoms with Crippen molar-refractivity contribution < 1.29 is 14.6 Å². The van der Waals surface area contributed by atoms with E-state index in [0.29, 0.717) is 33.3 Å². The average Bonchev–Trinajstić information content (AvgIpc) is 3.11. The molecular formula is C26H26ClN3O3. The minimum atomic E-state index is -0.456. The molecule has 3 aromatic carbocycles. The Morgan fingerprint density at radius 2 is 1.67 bits per heavy atom. The van der Waals surface area contributed by atoms with Gasteiger partial charge in [-0.2, -0.15) is 0 Å². The third-order valence-corrected chi connectivity index (χ3v) is 5.72. The smallest absolute Gasteiger partial charge is 0.199 e. The topological polar surface area (TPSA) is 92.9 Å². The molecule has 0 aliphatic rings. The van der Waals surface area contributed by atoms with Gasteiger partial charge in [-0.1, -0.05) is 29.8 Å². The SMILES string of the molecule is COc1ccc(C(=Nc2ccc(C(C)(C)N)cc2)c2c(O)[nH]c3cc(Cl)ccc23)cc1OC. The lowest BCUT2D eigenvalue weighted by Crippen LogP contribution is -2.28. The molecule has 0 amide bonds. The Balaban J connectivity index is 1.94. The van der Waals surface area contributed by atoms with E-state index in [1.54, 1.807) is 26.4 Å². The van der Waals surface area contributed by atoms with Crippen LogP contribution in [0.1, 0.15) is 30.5 Å². The standard InChI is InChI=1S/C26H26ClN3O3/c1-26(2,28)16-6-9-18(10-7-16)29-24(15-5-12-21(32-3)22(13-15)33-4)23-19-11-8-17(27)14-20(19)30-25(23)31/h5-14,30-31H,28H2,1-4H3. The second-order valence-corrected chi connectivity index (χ2v) is 8.77. The van der Waals surface area contributed by atoms with Gasteiger partial charge in [0.15, 0.2) is 17.4 Å². The van der Waals surface area contributed by atoms with Gasteiger partial charge in [0.25, 0.3) is 0 Å². The van der Waals surface area contributed by atoms with E-state index in [-0.39, 0.29) is 5.88 Å². The van der Waals surface area contributed by atoms with E-state index in [9.17, 15) is 5.11 Å². The largest absolute Gasteiger partial charge is 0.494 e. The van der Waals surface area contributed by atoms with Gasteiger partial charge in [0.2, 0.25) is 0 Å². The molecule has 0 atom stereocenters. The van der Waals surface area contributed by atoms with Crippen molar-refractivity contribution in [2.24, 2.45) is 10.7 Å². The number of nitrogens with two attached hydrogens (primary N) is 1. The molecule has 0 aliphatic heterocycles.